The Morgan fingerprint density at radius 1 is 1.11 bits per heavy atom. The average Bonchev–Trinajstić information content (AvgIpc) is 2.97. The Morgan fingerprint density at radius 3 is 2.58 bits per heavy atom. The number of anilines is 2. The van der Waals surface area contributed by atoms with Gasteiger partial charge in [-0.15, -0.1) is 0 Å². The van der Waals surface area contributed by atoms with Gasteiger partial charge in [0.05, 0.1) is 6.61 Å². The van der Waals surface area contributed by atoms with Crippen LogP contribution in [0, 0.1) is 0 Å². The highest BCUT2D eigenvalue weighted by Crippen LogP contribution is 2.19. The monoisotopic (exact) mass is 265 g/mol. The van der Waals surface area contributed by atoms with Gasteiger partial charge in [0.2, 0.25) is 11.9 Å². The van der Waals surface area contributed by atoms with E-state index in [2.05, 4.69) is 39.0 Å². The highest BCUT2D eigenvalue weighted by Gasteiger charge is 2.17. The third kappa shape index (κ3) is 3.94. The van der Waals surface area contributed by atoms with Crippen LogP contribution in [-0.4, -0.2) is 41.2 Å². The molecule has 0 unspecified atom stereocenters. The third-order valence-electron chi connectivity index (χ3n) is 2.96. The number of ether oxygens (including phenoxy) is 1. The van der Waals surface area contributed by atoms with Crippen LogP contribution in [0.25, 0.3) is 0 Å². The number of hydrogen-bond donors (Lipinski definition) is 1. The average molecular weight is 265 g/mol. The molecular formula is C13H23N5O. The molecule has 0 amide bonds. The molecule has 0 atom stereocenters. The number of nitrogens with zero attached hydrogens (tertiary/aromatic N) is 4. The number of aromatic nitrogens is 3. The normalized spacial score (nSPS) is 14.7. The molecule has 1 aromatic rings. The molecule has 0 radical (unpaired) electrons. The zero-order valence-electron chi connectivity index (χ0n) is 11.9. The summed E-state index contributed by atoms with van der Waals surface area (Å²) in [6, 6.07) is 0.428. The Labute approximate surface area is 114 Å². The van der Waals surface area contributed by atoms with Gasteiger partial charge in [0.15, 0.2) is 0 Å². The second kappa shape index (κ2) is 7.11. The van der Waals surface area contributed by atoms with Crippen LogP contribution in [0.3, 0.4) is 0 Å². The van der Waals surface area contributed by atoms with Gasteiger partial charge >= 0.3 is 6.01 Å². The molecule has 106 valence electrons. The van der Waals surface area contributed by atoms with Crippen molar-refractivity contribution in [1.29, 1.82) is 0 Å². The Hall–Kier alpha value is -1.59. The lowest BCUT2D eigenvalue weighted by atomic mass is 10.4. The first-order valence-corrected chi connectivity index (χ1v) is 7.21. The van der Waals surface area contributed by atoms with Crippen molar-refractivity contribution in [3.05, 3.63) is 0 Å². The molecule has 6 heteroatoms. The van der Waals surface area contributed by atoms with E-state index in [1.807, 2.05) is 0 Å². The van der Waals surface area contributed by atoms with Crippen LogP contribution < -0.4 is 15.0 Å². The van der Waals surface area contributed by atoms with E-state index in [4.69, 9.17) is 4.74 Å². The van der Waals surface area contributed by atoms with Crippen molar-refractivity contribution in [1.82, 2.24) is 15.0 Å². The Morgan fingerprint density at radius 2 is 1.89 bits per heavy atom. The summed E-state index contributed by atoms with van der Waals surface area (Å²) in [5.74, 6) is 1.35. The fourth-order valence-electron chi connectivity index (χ4n) is 1.98. The van der Waals surface area contributed by atoms with Gasteiger partial charge in [0, 0.05) is 19.6 Å². The molecule has 0 spiro atoms. The standard InChI is InChI=1S/C13H23N5O/c1-3-7-14-11-15-12(18-8-5-6-9-18)17-13(16-11)19-10-4-2/h3-10H2,1-2H3,(H,14,15,16,17). The van der Waals surface area contributed by atoms with E-state index >= 15 is 0 Å². The lowest BCUT2D eigenvalue weighted by Crippen LogP contribution is -2.22. The smallest absolute Gasteiger partial charge is 0.323 e. The largest absolute Gasteiger partial charge is 0.463 e. The molecule has 0 saturated carbocycles. The van der Waals surface area contributed by atoms with E-state index in [0.29, 0.717) is 18.6 Å². The molecule has 2 heterocycles. The molecule has 2 rings (SSSR count). The zero-order chi connectivity index (χ0) is 13.5. The predicted octanol–water partition coefficient (Wildman–Crippen LogP) is 2.08. The molecule has 0 bridgehead atoms. The molecule has 1 saturated heterocycles. The van der Waals surface area contributed by atoms with Crippen molar-refractivity contribution in [2.24, 2.45) is 0 Å². The Bertz CT molecular complexity index is 366. The summed E-state index contributed by atoms with van der Waals surface area (Å²) in [6.45, 7) is 7.71. The van der Waals surface area contributed by atoms with Crippen LogP contribution >= 0.6 is 0 Å². The lowest BCUT2D eigenvalue weighted by Gasteiger charge is -2.16. The summed E-state index contributed by atoms with van der Waals surface area (Å²) in [4.78, 5) is 15.4. The van der Waals surface area contributed by atoms with E-state index < -0.39 is 0 Å². The van der Waals surface area contributed by atoms with Gasteiger partial charge in [-0.3, -0.25) is 0 Å². The van der Waals surface area contributed by atoms with Gasteiger partial charge in [-0.1, -0.05) is 13.8 Å². The predicted molar refractivity (Wildman–Crippen MR) is 75.8 cm³/mol. The minimum absolute atomic E-state index is 0.428. The van der Waals surface area contributed by atoms with Crippen molar-refractivity contribution in [2.45, 2.75) is 39.5 Å². The van der Waals surface area contributed by atoms with Crippen molar-refractivity contribution < 1.29 is 4.74 Å². The van der Waals surface area contributed by atoms with Crippen LogP contribution in [0.15, 0.2) is 0 Å². The van der Waals surface area contributed by atoms with Crippen LogP contribution in [0.5, 0.6) is 6.01 Å². The van der Waals surface area contributed by atoms with E-state index in [-0.39, 0.29) is 0 Å². The second-order valence-electron chi connectivity index (χ2n) is 4.71. The molecule has 1 aliphatic heterocycles. The molecule has 6 nitrogen and oxygen atoms in total. The van der Waals surface area contributed by atoms with Crippen molar-refractivity contribution in [3.8, 4) is 6.01 Å². The summed E-state index contributed by atoms with van der Waals surface area (Å²) < 4.78 is 5.55. The van der Waals surface area contributed by atoms with Gasteiger partial charge in [0.1, 0.15) is 0 Å². The lowest BCUT2D eigenvalue weighted by molar-refractivity contribution is 0.292. The molecule has 1 fully saturated rings. The van der Waals surface area contributed by atoms with Crippen molar-refractivity contribution in [3.63, 3.8) is 0 Å². The van der Waals surface area contributed by atoms with Gasteiger partial charge in [0.25, 0.3) is 0 Å². The molecule has 0 aromatic carbocycles. The first-order chi connectivity index (χ1) is 9.33. The summed E-state index contributed by atoms with van der Waals surface area (Å²) >= 11 is 0. The van der Waals surface area contributed by atoms with E-state index in [9.17, 15) is 0 Å². The SMILES string of the molecule is CCCNc1nc(OCCC)nc(N2CCCC2)n1. The topological polar surface area (TPSA) is 63.2 Å². The first-order valence-electron chi connectivity index (χ1n) is 7.21. The highest BCUT2D eigenvalue weighted by atomic mass is 16.5. The van der Waals surface area contributed by atoms with Gasteiger partial charge in [-0.05, 0) is 25.7 Å². The number of nitrogens with one attached hydrogen (secondary N) is 1. The maximum Gasteiger partial charge on any atom is 0.323 e. The van der Waals surface area contributed by atoms with Crippen LogP contribution in [0.1, 0.15) is 39.5 Å². The Kier molecular flexibility index (Phi) is 5.18. The fourth-order valence-corrected chi connectivity index (χ4v) is 1.98. The van der Waals surface area contributed by atoms with E-state index in [1.165, 1.54) is 12.8 Å². The molecular weight excluding hydrogens is 242 g/mol. The highest BCUT2D eigenvalue weighted by molar-refractivity contribution is 5.39. The minimum Gasteiger partial charge on any atom is -0.463 e. The number of hydrogen-bond acceptors (Lipinski definition) is 6. The Balaban J connectivity index is 2.14. The summed E-state index contributed by atoms with van der Waals surface area (Å²) in [6.07, 6.45) is 4.39. The molecule has 19 heavy (non-hydrogen) atoms. The first kappa shape index (κ1) is 13.8. The maximum atomic E-state index is 5.55. The van der Waals surface area contributed by atoms with Crippen LogP contribution in [0.4, 0.5) is 11.9 Å². The van der Waals surface area contributed by atoms with Gasteiger partial charge in [-0.25, -0.2) is 0 Å². The summed E-state index contributed by atoms with van der Waals surface area (Å²) in [5, 5.41) is 3.21. The molecule has 0 aliphatic carbocycles. The molecule has 1 aromatic heterocycles. The zero-order valence-corrected chi connectivity index (χ0v) is 11.9. The number of rotatable bonds is 7. The summed E-state index contributed by atoms with van der Waals surface area (Å²) in [5.41, 5.74) is 0. The molecule has 1 N–H and O–H groups in total. The van der Waals surface area contributed by atoms with E-state index in [0.717, 1.165) is 38.4 Å². The summed E-state index contributed by atoms with van der Waals surface area (Å²) in [7, 11) is 0. The second-order valence-corrected chi connectivity index (χ2v) is 4.71. The quantitative estimate of drug-likeness (QED) is 0.814. The third-order valence-corrected chi connectivity index (χ3v) is 2.96. The van der Waals surface area contributed by atoms with E-state index in [1.54, 1.807) is 0 Å². The van der Waals surface area contributed by atoms with Crippen molar-refractivity contribution >= 4 is 11.9 Å². The molecule has 1 aliphatic rings. The minimum atomic E-state index is 0.428. The van der Waals surface area contributed by atoms with Crippen LogP contribution in [0.2, 0.25) is 0 Å². The van der Waals surface area contributed by atoms with Gasteiger partial charge < -0.3 is 15.0 Å². The maximum absolute atomic E-state index is 5.55. The van der Waals surface area contributed by atoms with Crippen LogP contribution in [-0.2, 0) is 0 Å². The van der Waals surface area contributed by atoms with Crippen molar-refractivity contribution in [2.75, 3.05) is 36.5 Å². The van der Waals surface area contributed by atoms with Gasteiger partial charge in [-0.2, -0.15) is 15.0 Å². The fraction of sp³-hybridized carbons (Fsp3) is 0.769.